The summed E-state index contributed by atoms with van der Waals surface area (Å²) >= 11 is 0. The third-order valence-electron chi connectivity index (χ3n) is 5.98. The number of likely N-dealkylation sites (N-methyl/N-ethyl adjacent to an activating group) is 1. The number of nitriles is 1. The number of nitrogens with zero attached hydrogens (tertiary/aromatic N) is 3. The minimum absolute atomic E-state index is 0.266. The number of carbonyl (C=O) groups is 3. The van der Waals surface area contributed by atoms with Crippen LogP contribution in [0.4, 0.5) is 4.79 Å². The molecular formula is C21H26N4O3. The fourth-order valence-corrected chi connectivity index (χ4v) is 4.09. The summed E-state index contributed by atoms with van der Waals surface area (Å²) < 4.78 is 0. The van der Waals surface area contributed by atoms with E-state index in [4.69, 9.17) is 5.26 Å². The molecule has 1 saturated carbocycles. The molecule has 3 rings (SSSR count). The molecule has 1 aromatic rings. The fourth-order valence-electron chi connectivity index (χ4n) is 4.09. The van der Waals surface area contributed by atoms with Gasteiger partial charge in [0.15, 0.2) is 0 Å². The molecule has 2 aliphatic rings. The van der Waals surface area contributed by atoms with Crippen molar-refractivity contribution in [3.63, 3.8) is 0 Å². The van der Waals surface area contributed by atoms with E-state index in [9.17, 15) is 14.4 Å². The van der Waals surface area contributed by atoms with Gasteiger partial charge in [-0.25, -0.2) is 4.79 Å². The Morgan fingerprint density at radius 1 is 1.36 bits per heavy atom. The highest BCUT2D eigenvalue weighted by Gasteiger charge is 2.52. The first-order valence-corrected chi connectivity index (χ1v) is 9.75. The number of hydrogen-bond acceptors (Lipinski definition) is 4. The number of amides is 4. The molecule has 1 spiro atoms. The zero-order valence-corrected chi connectivity index (χ0v) is 16.4. The fraction of sp³-hybridized carbons (Fsp3) is 0.524. The van der Waals surface area contributed by atoms with Crippen LogP contribution in [0.15, 0.2) is 24.3 Å². The number of rotatable bonds is 5. The van der Waals surface area contributed by atoms with Gasteiger partial charge in [0.25, 0.3) is 5.91 Å². The Kier molecular flexibility index (Phi) is 5.68. The van der Waals surface area contributed by atoms with Crippen molar-refractivity contribution in [2.45, 2.75) is 51.1 Å². The first kappa shape index (κ1) is 19.9. The molecule has 148 valence electrons. The molecule has 1 aromatic carbocycles. The normalized spacial score (nSPS) is 24.2. The Morgan fingerprint density at radius 2 is 2.07 bits per heavy atom. The lowest BCUT2D eigenvalue weighted by Gasteiger charge is -2.34. The van der Waals surface area contributed by atoms with E-state index in [0.29, 0.717) is 30.9 Å². The van der Waals surface area contributed by atoms with Crippen molar-refractivity contribution in [2.24, 2.45) is 5.92 Å². The summed E-state index contributed by atoms with van der Waals surface area (Å²) in [6.45, 7) is 2.18. The van der Waals surface area contributed by atoms with Crippen LogP contribution in [0.1, 0.15) is 50.2 Å². The molecule has 28 heavy (non-hydrogen) atoms. The van der Waals surface area contributed by atoms with Gasteiger partial charge in [-0.2, -0.15) is 5.26 Å². The van der Waals surface area contributed by atoms with Crippen molar-refractivity contribution in [2.75, 3.05) is 13.6 Å². The van der Waals surface area contributed by atoms with Crippen molar-refractivity contribution in [3.05, 3.63) is 35.4 Å². The first-order valence-electron chi connectivity index (χ1n) is 9.75. The van der Waals surface area contributed by atoms with E-state index in [1.807, 2.05) is 6.07 Å². The highest BCUT2D eigenvalue weighted by molar-refractivity contribution is 6.09. The Hall–Kier alpha value is -2.88. The van der Waals surface area contributed by atoms with Crippen molar-refractivity contribution in [1.82, 2.24) is 15.1 Å². The van der Waals surface area contributed by atoms with Gasteiger partial charge in [0.1, 0.15) is 12.1 Å². The third-order valence-corrected chi connectivity index (χ3v) is 5.98. The van der Waals surface area contributed by atoms with Crippen LogP contribution in [0.3, 0.4) is 0 Å². The van der Waals surface area contributed by atoms with Crippen LogP contribution < -0.4 is 5.32 Å². The summed E-state index contributed by atoms with van der Waals surface area (Å²) in [6.07, 6.45) is 4.19. The third kappa shape index (κ3) is 3.86. The first-order chi connectivity index (χ1) is 13.4. The van der Waals surface area contributed by atoms with E-state index in [2.05, 4.69) is 18.3 Å². The molecule has 0 bridgehead atoms. The van der Waals surface area contributed by atoms with Crippen LogP contribution in [-0.2, 0) is 16.1 Å². The highest BCUT2D eigenvalue weighted by Crippen LogP contribution is 2.37. The van der Waals surface area contributed by atoms with E-state index in [1.165, 1.54) is 4.90 Å². The average Bonchev–Trinajstić information content (AvgIpc) is 2.92. The maximum Gasteiger partial charge on any atom is 0.325 e. The molecule has 0 atom stereocenters. The number of carbonyl (C=O) groups excluding carboxylic acids is 3. The van der Waals surface area contributed by atoms with Crippen LogP contribution in [-0.4, -0.2) is 46.8 Å². The summed E-state index contributed by atoms with van der Waals surface area (Å²) in [7, 11) is 1.63. The van der Waals surface area contributed by atoms with Gasteiger partial charge in [-0.1, -0.05) is 25.5 Å². The maximum absolute atomic E-state index is 12.9. The predicted molar refractivity (Wildman–Crippen MR) is 103 cm³/mol. The van der Waals surface area contributed by atoms with Crippen LogP contribution >= 0.6 is 0 Å². The Bertz CT molecular complexity index is 821. The lowest BCUT2D eigenvalue weighted by atomic mass is 9.75. The number of nitrogens with one attached hydrogen (secondary N) is 1. The molecule has 1 saturated heterocycles. The standard InChI is InChI=1S/C21H26N4O3/c1-3-15-7-9-21(10-8-15)19(27)25(20(28)23-21)14-18(26)24(2)13-17-6-4-5-16(11-17)12-22/h4-6,11,15H,3,7-10,13-14H2,1-2H3,(H,23,28). The molecule has 1 aliphatic carbocycles. The molecule has 4 amide bonds. The molecule has 0 unspecified atom stereocenters. The van der Waals surface area contributed by atoms with Crippen molar-refractivity contribution < 1.29 is 14.4 Å². The quantitative estimate of drug-likeness (QED) is 0.792. The van der Waals surface area contributed by atoms with Gasteiger partial charge in [-0.15, -0.1) is 0 Å². The number of benzene rings is 1. The van der Waals surface area contributed by atoms with Gasteiger partial charge in [-0.3, -0.25) is 14.5 Å². The van der Waals surface area contributed by atoms with E-state index < -0.39 is 11.6 Å². The summed E-state index contributed by atoms with van der Waals surface area (Å²) in [5.41, 5.74) is 0.515. The van der Waals surface area contributed by atoms with E-state index in [0.717, 1.165) is 29.7 Å². The summed E-state index contributed by atoms with van der Waals surface area (Å²) in [6, 6.07) is 8.61. The minimum atomic E-state index is -0.831. The molecular weight excluding hydrogens is 356 g/mol. The van der Waals surface area contributed by atoms with Crippen molar-refractivity contribution >= 4 is 17.8 Å². The highest BCUT2D eigenvalue weighted by atomic mass is 16.2. The zero-order valence-electron chi connectivity index (χ0n) is 16.4. The largest absolute Gasteiger partial charge is 0.340 e. The summed E-state index contributed by atoms with van der Waals surface area (Å²) in [5.74, 6) is 0.00625. The maximum atomic E-state index is 12.9. The van der Waals surface area contributed by atoms with Crippen LogP contribution in [0.5, 0.6) is 0 Å². The monoisotopic (exact) mass is 382 g/mol. The SMILES string of the molecule is CCC1CCC2(CC1)NC(=O)N(CC(=O)N(C)Cc1cccc(C#N)c1)C2=O. The van der Waals surface area contributed by atoms with Gasteiger partial charge < -0.3 is 10.2 Å². The topological polar surface area (TPSA) is 93.5 Å². The molecule has 0 radical (unpaired) electrons. The molecule has 1 heterocycles. The number of imide groups is 1. The Balaban J connectivity index is 1.62. The second-order valence-corrected chi connectivity index (χ2v) is 7.82. The summed E-state index contributed by atoms with van der Waals surface area (Å²) in [4.78, 5) is 40.4. The molecule has 1 aliphatic heterocycles. The lowest BCUT2D eigenvalue weighted by Crippen LogP contribution is -2.50. The van der Waals surface area contributed by atoms with E-state index in [-0.39, 0.29) is 18.4 Å². The molecule has 7 heteroatoms. The zero-order chi connectivity index (χ0) is 20.3. The molecule has 7 nitrogen and oxygen atoms in total. The van der Waals surface area contributed by atoms with Crippen LogP contribution in [0.2, 0.25) is 0 Å². The smallest absolute Gasteiger partial charge is 0.325 e. The van der Waals surface area contributed by atoms with Gasteiger partial charge in [0.2, 0.25) is 5.91 Å². The van der Waals surface area contributed by atoms with Gasteiger partial charge in [0, 0.05) is 13.6 Å². The van der Waals surface area contributed by atoms with E-state index in [1.54, 1.807) is 25.2 Å². The lowest BCUT2D eigenvalue weighted by molar-refractivity contribution is -0.139. The average molecular weight is 382 g/mol. The predicted octanol–water partition coefficient (Wildman–Crippen LogP) is 2.41. The van der Waals surface area contributed by atoms with Gasteiger partial charge in [-0.05, 0) is 49.3 Å². The van der Waals surface area contributed by atoms with Gasteiger partial charge in [0.05, 0.1) is 11.6 Å². The second kappa shape index (κ2) is 8.01. The Morgan fingerprint density at radius 3 is 2.71 bits per heavy atom. The number of urea groups is 1. The number of hydrogen-bond donors (Lipinski definition) is 1. The van der Waals surface area contributed by atoms with Crippen LogP contribution in [0.25, 0.3) is 0 Å². The Labute approximate surface area is 165 Å². The summed E-state index contributed by atoms with van der Waals surface area (Å²) in [5, 5.41) is 11.8. The molecule has 1 N–H and O–H groups in total. The van der Waals surface area contributed by atoms with E-state index >= 15 is 0 Å². The second-order valence-electron chi connectivity index (χ2n) is 7.82. The molecule has 2 fully saturated rings. The molecule has 0 aromatic heterocycles. The van der Waals surface area contributed by atoms with Crippen molar-refractivity contribution in [3.8, 4) is 6.07 Å². The van der Waals surface area contributed by atoms with Crippen molar-refractivity contribution in [1.29, 1.82) is 5.26 Å². The van der Waals surface area contributed by atoms with Crippen LogP contribution in [0, 0.1) is 17.2 Å². The minimum Gasteiger partial charge on any atom is -0.340 e. The van der Waals surface area contributed by atoms with Gasteiger partial charge >= 0.3 is 6.03 Å².